The molecule has 1 spiro atoms. The van der Waals surface area contributed by atoms with Gasteiger partial charge in [-0.3, -0.25) is 4.90 Å². The van der Waals surface area contributed by atoms with Gasteiger partial charge in [-0.05, 0) is 32.1 Å². The van der Waals surface area contributed by atoms with Crippen LogP contribution in [0.2, 0.25) is 0 Å². The van der Waals surface area contributed by atoms with E-state index in [9.17, 15) is 0 Å². The lowest BCUT2D eigenvalue weighted by molar-refractivity contribution is -0.106. The van der Waals surface area contributed by atoms with E-state index in [4.69, 9.17) is 5.73 Å². The molecular weight excluding hydrogens is 148 g/mol. The van der Waals surface area contributed by atoms with Crippen LogP contribution in [0, 0.1) is 5.41 Å². The van der Waals surface area contributed by atoms with E-state index in [0.717, 1.165) is 12.0 Å². The monoisotopic (exact) mass is 168 g/mol. The minimum atomic E-state index is 0.237. The highest BCUT2D eigenvalue weighted by Gasteiger charge is 2.50. The number of hydrogen-bond acceptors (Lipinski definition) is 2. The van der Waals surface area contributed by atoms with Crippen LogP contribution in [0.3, 0.4) is 0 Å². The van der Waals surface area contributed by atoms with Crippen molar-refractivity contribution < 1.29 is 0 Å². The van der Waals surface area contributed by atoms with E-state index in [1.165, 1.54) is 32.4 Å². The predicted octanol–water partition coefficient (Wildman–Crippen LogP) is 1.21. The lowest BCUT2D eigenvalue weighted by Crippen LogP contribution is -2.67. The van der Waals surface area contributed by atoms with Crippen molar-refractivity contribution in [2.45, 2.75) is 38.6 Å². The molecule has 1 saturated carbocycles. The average Bonchev–Trinajstić information content (AvgIpc) is 1.80. The van der Waals surface area contributed by atoms with Crippen LogP contribution in [0.5, 0.6) is 0 Å². The van der Waals surface area contributed by atoms with Gasteiger partial charge < -0.3 is 5.73 Å². The van der Waals surface area contributed by atoms with E-state index in [-0.39, 0.29) is 5.54 Å². The zero-order valence-electron chi connectivity index (χ0n) is 8.27. The van der Waals surface area contributed by atoms with Crippen LogP contribution in [0.4, 0.5) is 0 Å². The molecule has 1 heterocycles. The van der Waals surface area contributed by atoms with E-state index >= 15 is 0 Å². The van der Waals surface area contributed by atoms with Gasteiger partial charge in [0.15, 0.2) is 0 Å². The largest absolute Gasteiger partial charge is 0.329 e. The Morgan fingerprint density at radius 1 is 1.33 bits per heavy atom. The highest BCUT2D eigenvalue weighted by atomic mass is 15.3. The van der Waals surface area contributed by atoms with Crippen molar-refractivity contribution in [2.75, 3.05) is 19.6 Å². The Labute approximate surface area is 75.1 Å². The zero-order valence-corrected chi connectivity index (χ0v) is 8.27. The van der Waals surface area contributed by atoms with Gasteiger partial charge in [-0.15, -0.1) is 0 Å². The third kappa shape index (κ3) is 1.09. The van der Waals surface area contributed by atoms with Gasteiger partial charge in [-0.1, -0.05) is 6.42 Å². The molecule has 0 radical (unpaired) electrons. The summed E-state index contributed by atoms with van der Waals surface area (Å²) in [6.45, 7) is 7.88. The van der Waals surface area contributed by atoms with Gasteiger partial charge in [0.05, 0.1) is 0 Å². The van der Waals surface area contributed by atoms with Crippen molar-refractivity contribution >= 4 is 0 Å². The molecule has 12 heavy (non-hydrogen) atoms. The molecule has 2 heteroatoms. The quantitative estimate of drug-likeness (QED) is 0.671. The molecule has 0 aromatic heterocycles. The Morgan fingerprint density at radius 3 is 2.25 bits per heavy atom. The van der Waals surface area contributed by atoms with E-state index in [1.54, 1.807) is 0 Å². The van der Waals surface area contributed by atoms with Crippen LogP contribution in [0.25, 0.3) is 0 Å². The number of nitrogens with two attached hydrogens (primary N) is 1. The van der Waals surface area contributed by atoms with Crippen LogP contribution < -0.4 is 5.73 Å². The Hall–Kier alpha value is -0.0800. The first-order valence-corrected chi connectivity index (χ1v) is 5.03. The maximum Gasteiger partial charge on any atom is 0.0275 e. The smallest absolute Gasteiger partial charge is 0.0275 e. The number of nitrogens with zero attached hydrogens (tertiary/aromatic N) is 1. The minimum absolute atomic E-state index is 0.237. The fourth-order valence-corrected chi connectivity index (χ4v) is 2.31. The lowest BCUT2D eigenvalue weighted by Gasteiger charge is -2.60. The van der Waals surface area contributed by atoms with Gasteiger partial charge in [0.25, 0.3) is 0 Å². The number of likely N-dealkylation sites (tertiary alicyclic amines) is 1. The lowest BCUT2D eigenvalue weighted by atomic mass is 9.62. The summed E-state index contributed by atoms with van der Waals surface area (Å²) in [7, 11) is 0. The molecule has 2 fully saturated rings. The summed E-state index contributed by atoms with van der Waals surface area (Å²) in [6.07, 6.45) is 4.38. The van der Waals surface area contributed by atoms with Gasteiger partial charge in [0.2, 0.25) is 0 Å². The standard InChI is InChI=1S/C10H20N2/c1-9(2,6-11)12-7-10(8-12)4-3-5-10/h3-8,11H2,1-2H3. The average molecular weight is 168 g/mol. The summed E-state index contributed by atoms with van der Waals surface area (Å²) in [5.41, 5.74) is 6.70. The van der Waals surface area contributed by atoms with Crippen LogP contribution in [-0.2, 0) is 0 Å². The van der Waals surface area contributed by atoms with Gasteiger partial charge in [0, 0.05) is 25.2 Å². The molecule has 2 nitrogen and oxygen atoms in total. The van der Waals surface area contributed by atoms with Gasteiger partial charge in [-0.25, -0.2) is 0 Å². The molecule has 0 atom stereocenters. The molecule has 0 aromatic carbocycles. The molecule has 1 aliphatic heterocycles. The zero-order chi connectivity index (χ0) is 8.82. The third-order valence-electron chi connectivity index (χ3n) is 3.82. The van der Waals surface area contributed by atoms with Crippen molar-refractivity contribution in [2.24, 2.45) is 11.1 Å². The van der Waals surface area contributed by atoms with Gasteiger partial charge >= 0.3 is 0 Å². The van der Waals surface area contributed by atoms with Gasteiger partial charge in [0.1, 0.15) is 0 Å². The minimum Gasteiger partial charge on any atom is -0.329 e. The van der Waals surface area contributed by atoms with Crippen LogP contribution in [0.15, 0.2) is 0 Å². The van der Waals surface area contributed by atoms with Crippen molar-refractivity contribution in [3.8, 4) is 0 Å². The number of rotatable bonds is 2. The second-order valence-corrected chi connectivity index (χ2v) is 5.23. The highest BCUT2D eigenvalue weighted by molar-refractivity contribution is 5.04. The topological polar surface area (TPSA) is 29.3 Å². The molecule has 2 aliphatic rings. The second-order valence-electron chi connectivity index (χ2n) is 5.23. The summed E-state index contributed by atoms with van der Waals surface area (Å²) in [5.74, 6) is 0. The van der Waals surface area contributed by atoms with Crippen molar-refractivity contribution in [3.05, 3.63) is 0 Å². The third-order valence-corrected chi connectivity index (χ3v) is 3.82. The molecule has 70 valence electrons. The first kappa shape index (κ1) is 8.52. The molecule has 1 saturated heterocycles. The van der Waals surface area contributed by atoms with Crippen molar-refractivity contribution in [1.29, 1.82) is 0 Å². The maximum atomic E-state index is 5.72. The van der Waals surface area contributed by atoms with Crippen molar-refractivity contribution in [3.63, 3.8) is 0 Å². The number of hydrogen-bond donors (Lipinski definition) is 1. The van der Waals surface area contributed by atoms with E-state index in [1.807, 2.05) is 0 Å². The molecule has 1 aliphatic carbocycles. The first-order valence-electron chi connectivity index (χ1n) is 5.03. The van der Waals surface area contributed by atoms with Gasteiger partial charge in [-0.2, -0.15) is 0 Å². The summed E-state index contributed by atoms with van der Waals surface area (Å²) in [6, 6.07) is 0. The maximum absolute atomic E-state index is 5.72. The molecule has 0 unspecified atom stereocenters. The Morgan fingerprint density at radius 2 is 1.92 bits per heavy atom. The van der Waals surface area contributed by atoms with Crippen LogP contribution >= 0.6 is 0 Å². The fraction of sp³-hybridized carbons (Fsp3) is 1.00. The van der Waals surface area contributed by atoms with Crippen molar-refractivity contribution in [1.82, 2.24) is 4.90 Å². The fourth-order valence-electron chi connectivity index (χ4n) is 2.31. The molecule has 0 bridgehead atoms. The molecule has 2 rings (SSSR count). The Kier molecular flexibility index (Phi) is 1.74. The summed E-state index contributed by atoms with van der Waals surface area (Å²) in [5, 5.41) is 0. The normalized spacial score (nSPS) is 28.2. The predicted molar refractivity (Wildman–Crippen MR) is 51.0 cm³/mol. The van der Waals surface area contributed by atoms with Crippen LogP contribution in [0.1, 0.15) is 33.1 Å². The van der Waals surface area contributed by atoms with E-state index in [0.29, 0.717) is 0 Å². The molecule has 0 aromatic rings. The molecule has 2 N–H and O–H groups in total. The molecule has 0 amide bonds. The van der Waals surface area contributed by atoms with E-state index < -0.39 is 0 Å². The van der Waals surface area contributed by atoms with Crippen LogP contribution in [-0.4, -0.2) is 30.1 Å². The highest BCUT2D eigenvalue weighted by Crippen LogP contribution is 2.49. The molecular formula is C10H20N2. The second kappa shape index (κ2) is 2.46. The SMILES string of the molecule is CC(C)(CN)N1CC2(CCC2)C1. The van der Waals surface area contributed by atoms with E-state index in [2.05, 4.69) is 18.7 Å². The summed E-state index contributed by atoms with van der Waals surface area (Å²) >= 11 is 0. The Bertz CT molecular complexity index is 174. The first-order chi connectivity index (χ1) is 5.58. The Balaban J connectivity index is 1.87. The summed E-state index contributed by atoms with van der Waals surface area (Å²) < 4.78 is 0. The summed E-state index contributed by atoms with van der Waals surface area (Å²) in [4.78, 5) is 2.53.